The molecule has 0 saturated carbocycles. The van der Waals surface area contributed by atoms with Crippen LogP contribution < -0.4 is 10.6 Å². The van der Waals surface area contributed by atoms with Crippen LogP contribution in [0.5, 0.6) is 0 Å². The molecular formula is C13H20N6O. The van der Waals surface area contributed by atoms with Gasteiger partial charge in [-0.25, -0.2) is 0 Å². The van der Waals surface area contributed by atoms with Gasteiger partial charge in [-0.1, -0.05) is 12.0 Å². The number of aryl methyl sites for hydroxylation is 1. The summed E-state index contributed by atoms with van der Waals surface area (Å²) in [7, 11) is 0. The highest BCUT2D eigenvalue weighted by Crippen LogP contribution is 2.13. The fraction of sp³-hybridized carbons (Fsp3) is 0.538. The lowest BCUT2D eigenvalue weighted by atomic mass is 10.3. The van der Waals surface area contributed by atoms with Gasteiger partial charge in [0.25, 0.3) is 0 Å². The third kappa shape index (κ3) is 3.99. The maximum absolute atomic E-state index is 5.54. The van der Waals surface area contributed by atoms with Gasteiger partial charge in [0.2, 0.25) is 5.89 Å². The van der Waals surface area contributed by atoms with Gasteiger partial charge in [0.15, 0.2) is 0 Å². The quantitative estimate of drug-likeness (QED) is 0.797. The van der Waals surface area contributed by atoms with Gasteiger partial charge in [-0.15, -0.1) is 5.10 Å². The van der Waals surface area contributed by atoms with Crippen LogP contribution in [0.25, 0.3) is 0 Å². The van der Waals surface area contributed by atoms with Crippen molar-refractivity contribution in [3.05, 3.63) is 29.7 Å². The van der Waals surface area contributed by atoms with E-state index in [1.807, 2.05) is 13.8 Å². The zero-order valence-electron chi connectivity index (χ0n) is 12.1. The Labute approximate surface area is 118 Å². The highest BCUT2D eigenvalue weighted by molar-refractivity contribution is 5.19. The van der Waals surface area contributed by atoms with Crippen LogP contribution in [0.2, 0.25) is 0 Å². The van der Waals surface area contributed by atoms with Gasteiger partial charge < -0.3 is 15.1 Å². The minimum absolute atomic E-state index is 0.0529. The smallest absolute Gasteiger partial charge is 0.315 e. The predicted molar refractivity (Wildman–Crippen MR) is 75.1 cm³/mol. The van der Waals surface area contributed by atoms with Crippen LogP contribution in [-0.2, 0) is 6.54 Å². The third-order valence-corrected chi connectivity index (χ3v) is 2.77. The first-order valence-electron chi connectivity index (χ1n) is 6.77. The first-order chi connectivity index (χ1) is 9.69. The van der Waals surface area contributed by atoms with Crippen molar-refractivity contribution in [2.75, 3.05) is 11.9 Å². The molecule has 0 saturated heterocycles. The second kappa shape index (κ2) is 6.95. The molecule has 2 heterocycles. The standard InChI is InChI=1S/C13H20N6O/c1-4-5-14-10(3)12-18-19-13(20-12)17-8-11-7-15-9(2)6-16-11/h6-7,10,14H,4-5,8H2,1-3H3,(H,17,19). The number of hydrogen-bond donors (Lipinski definition) is 2. The normalized spacial score (nSPS) is 12.3. The Kier molecular flexibility index (Phi) is 5.00. The summed E-state index contributed by atoms with van der Waals surface area (Å²) in [6.45, 7) is 7.44. The molecule has 0 aliphatic heterocycles. The Hall–Kier alpha value is -2.02. The number of hydrogen-bond acceptors (Lipinski definition) is 7. The number of aromatic nitrogens is 4. The van der Waals surface area contributed by atoms with Gasteiger partial charge in [-0.2, -0.15) is 0 Å². The van der Waals surface area contributed by atoms with Crippen LogP contribution in [0, 0.1) is 6.92 Å². The minimum Gasteiger partial charge on any atom is -0.406 e. The van der Waals surface area contributed by atoms with E-state index in [0.29, 0.717) is 18.5 Å². The van der Waals surface area contributed by atoms with Crippen molar-refractivity contribution in [3.63, 3.8) is 0 Å². The molecule has 0 spiro atoms. The predicted octanol–water partition coefficient (Wildman–Crippen LogP) is 1.84. The van der Waals surface area contributed by atoms with Crippen molar-refractivity contribution >= 4 is 6.01 Å². The molecule has 0 bridgehead atoms. The fourth-order valence-electron chi connectivity index (χ4n) is 1.61. The third-order valence-electron chi connectivity index (χ3n) is 2.77. The van der Waals surface area contributed by atoms with E-state index in [2.05, 4.69) is 37.7 Å². The highest BCUT2D eigenvalue weighted by Gasteiger charge is 2.12. The zero-order chi connectivity index (χ0) is 14.4. The molecule has 0 amide bonds. The lowest BCUT2D eigenvalue weighted by Crippen LogP contribution is -2.19. The van der Waals surface area contributed by atoms with Gasteiger partial charge in [0.05, 0.1) is 30.2 Å². The van der Waals surface area contributed by atoms with Gasteiger partial charge in [0.1, 0.15) is 0 Å². The summed E-state index contributed by atoms with van der Waals surface area (Å²) in [6.07, 6.45) is 4.52. The Balaban J connectivity index is 1.87. The van der Waals surface area contributed by atoms with Crippen LogP contribution in [0.1, 0.15) is 43.6 Å². The van der Waals surface area contributed by atoms with Crippen molar-refractivity contribution in [2.45, 2.75) is 39.8 Å². The topological polar surface area (TPSA) is 88.8 Å². The molecular weight excluding hydrogens is 256 g/mol. The van der Waals surface area contributed by atoms with Crippen LogP contribution in [-0.4, -0.2) is 26.7 Å². The molecule has 108 valence electrons. The molecule has 1 unspecified atom stereocenters. The lowest BCUT2D eigenvalue weighted by molar-refractivity contribution is 0.423. The van der Waals surface area contributed by atoms with E-state index in [1.54, 1.807) is 12.4 Å². The molecule has 0 aromatic carbocycles. The average Bonchev–Trinajstić information content (AvgIpc) is 2.93. The van der Waals surface area contributed by atoms with E-state index < -0.39 is 0 Å². The summed E-state index contributed by atoms with van der Waals surface area (Å²) in [5, 5.41) is 14.3. The summed E-state index contributed by atoms with van der Waals surface area (Å²) in [5.41, 5.74) is 1.72. The van der Waals surface area contributed by atoms with Crippen molar-refractivity contribution < 1.29 is 4.42 Å². The molecule has 2 rings (SSSR count). The summed E-state index contributed by atoms with van der Waals surface area (Å²) >= 11 is 0. The van der Waals surface area contributed by atoms with Gasteiger partial charge in [-0.3, -0.25) is 9.97 Å². The molecule has 2 aromatic heterocycles. The van der Waals surface area contributed by atoms with Crippen LogP contribution >= 0.6 is 0 Å². The van der Waals surface area contributed by atoms with E-state index in [4.69, 9.17) is 4.42 Å². The van der Waals surface area contributed by atoms with E-state index in [0.717, 1.165) is 24.4 Å². The first-order valence-corrected chi connectivity index (χ1v) is 6.77. The average molecular weight is 276 g/mol. The van der Waals surface area contributed by atoms with Gasteiger partial charge >= 0.3 is 6.01 Å². The zero-order valence-corrected chi connectivity index (χ0v) is 12.1. The van der Waals surface area contributed by atoms with E-state index in [1.165, 1.54) is 0 Å². The monoisotopic (exact) mass is 276 g/mol. The summed E-state index contributed by atoms with van der Waals surface area (Å²) < 4.78 is 5.54. The SMILES string of the molecule is CCCNC(C)c1nnc(NCc2cnc(C)cn2)o1. The Morgan fingerprint density at radius 2 is 2.10 bits per heavy atom. The number of nitrogens with zero attached hydrogens (tertiary/aromatic N) is 4. The van der Waals surface area contributed by atoms with Crippen LogP contribution in [0.4, 0.5) is 6.01 Å². The molecule has 7 nitrogen and oxygen atoms in total. The minimum atomic E-state index is 0.0529. The lowest BCUT2D eigenvalue weighted by Gasteiger charge is -2.07. The first kappa shape index (κ1) is 14.4. The molecule has 7 heteroatoms. The number of nitrogens with one attached hydrogen (secondary N) is 2. The Morgan fingerprint density at radius 1 is 1.25 bits per heavy atom. The molecule has 1 atom stereocenters. The number of anilines is 1. The Morgan fingerprint density at radius 3 is 2.80 bits per heavy atom. The second-order valence-electron chi connectivity index (χ2n) is 4.62. The van der Waals surface area contributed by atoms with Crippen molar-refractivity contribution in [1.82, 2.24) is 25.5 Å². The van der Waals surface area contributed by atoms with Crippen molar-refractivity contribution in [3.8, 4) is 0 Å². The van der Waals surface area contributed by atoms with Crippen molar-refractivity contribution in [2.24, 2.45) is 0 Å². The molecule has 0 fully saturated rings. The fourth-order valence-corrected chi connectivity index (χ4v) is 1.61. The highest BCUT2D eigenvalue weighted by atomic mass is 16.4. The molecule has 0 radical (unpaired) electrons. The summed E-state index contributed by atoms with van der Waals surface area (Å²) in [4.78, 5) is 8.43. The van der Waals surface area contributed by atoms with E-state index in [-0.39, 0.29) is 6.04 Å². The van der Waals surface area contributed by atoms with Crippen LogP contribution in [0.15, 0.2) is 16.8 Å². The summed E-state index contributed by atoms with van der Waals surface area (Å²) in [6, 6.07) is 0.449. The second-order valence-corrected chi connectivity index (χ2v) is 4.62. The van der Waals surface area contributed by atoms with E-state index >= 15 is 0 Å². The summed E-state index contributed by atoms with van der Waals surface area (Å²) in [5.74, 6) is 0.580. The van der Waals surface area contributed by atoms with Crippen molar-refractivity contribution in [1.29, 1.82) is 0 Å². The maximum Gasteiger partial charge on any atom is 0.315 e. The number of rotatable bonds is 7. The molecule has 2 aromatic rings. The largest absolute Gasteiger partial charge is 0.406 e. The van der Waals surface area contributed by atoms with Gasteiger partial charge in [0, 0.05) is 6.20 Å². The maximum atomic E-state index is 5.54. The van der Waals surface area contributed by atoms with E-state index in [9.17, 15) is 0 Å². The Bertz CT molecular complexity index is 524. The van der Waals surface area contributed by atoms with Gasteiger partial charge in [-0.05, 0) is 26.8 Å². The molecule has 0 aliphatic rings. The molecule has 0 aliphatic carbocycles. The van der Waals surface area contributed by atoms with Crippen LogP contribution in [0.3, 0.4) is 0 Å². The molecule has 20 heavy (non-hydrogen) atoms. The molecule has 2 N–H and O–H groups in total.